The third-order valence-electron chi connectivity index (χ3n) is 2.55. The predicted molar refractivity (Wildman–Crippen MR) is 79.3 cm³/mol. The van der Waals surface area contributed by atoms with Gasteiger partial charge in [0, 0.05) is 16.7 Å². The van der Waals surface area contributed by atoms with Gasteiger partial charge in [-0.25, -0.2) is 0 Å². The van der Waals surface area contributed by atoms with Crippen LogP contribution >= 0.6 is 38.8 Å². The van der Waals surface area contributed by atoms with Crippen LogP contribution in [0, 0.1) is 0 Å². The van der Waals surface area contributed by atoms with Crippen molar-refractivity contribution < 1.29 is 5.11 Å². The van der Waals surface area contributed by atoms with E-state index in [0.717, 1.165) is 19.2 Å². The predicted octanol–water partition coefficient (Wildman–Crippen LogP) is 3.94. The maximum atomic E-state index is 10.3. The Labute approximate surface area is 123 Å². The van der Waals surface area contributed by atoms with E-state index in [1.54, 1.807) is 11.3 Å². The summed E-state index contributed by atoms with van der Waals surface area (Å²) in [5.41, 5.74) is 0.815. The van der Waals surface area contributed by atoms with Crippen LogP contribution in [0.15, 0.2) is 15.9 Å². The van der Waals surface area contributed by atoms with Crippen molar-refractivity contribution >= 4 is 38.8 Å². The average molecular weight is 347 g/mol. The second-order valence-corrected chi connectivity index (χ2v) is 8.49. The number of hydrogen-bond acceptors (Lipinski definition) is 5. The highest BCUT2D eigenvalue weighted by Crippen LogP contribution is 2.33. The van der Waals surface area contributed by atoms with Crippen molar-refractivity contribution in [2.45, 2.75) is 38.7 Å². The highest BCUT2D eigenvalue weighted by molar-refractivity contribution is 9.11. The van der Waals surface area contributed by atoms with E-state index < -0.39 is 6.10 Å². The zero-order valence-electron chi connectivity index (χ0n) is 10.5. The van der Waals surface area contributed by atoms with Gasteiger partial charge in [0.25, 0.3) is 0 Å². The Morgan fingerprint density at radius 3 is 2.67 bits per heavy atom. The first-order valence-electron chi connectivity index (χ1n) is 5.63. The molecule has 2 aromatic heterocycles. The largest absolute Gasteiger partial charge is 0.387 e. The smallest absolute Gasteiger partial charge is 0.0965 e. The van der Waals surface area contributed by atoms with Crippen molar-refractivity contribution in [2.75, 3.05) is 0 Å². The molecule has 0 fully saturated rings. The molecule has 0 spiro atoms. The molecule has 0 aliphatic heterocycles. The van der Waals surface area contributed by atoms with Gasteiger partial charge in [-0.05, 0) is 39.6 Å². The van der Waals surface area contributed by atoms with E-state index in [1.165, 1.54) is 11.5 Å². The summed E-state index contributed by atoms with van der Waals surface area (Å²) in [5, 5.41) is 14.5. The topological polar surface area (TPSA) is 46.0 Å². The molecule has 6 heteroatoms. The highest BCUT2D eigenvalue weighted by Gasteiger charge is 2.26. The molecule has 2 heterocycles. The summed E-state index contributed by atoms with van der Waals surface area (Å²) >= 11 is 6.37. The van der Waals surface area contributed by atoms with Crippen molar-refractivity contribution in [3.05, 3.63) is 31.4 Å². The summed E-state index contributed by atoms with van der Waals surface area (Å²) in [6.07, 6.45) is 0.0909. The Bertz CT molecular complexity index is 530. The summed E-state index contributed by atoms with van der Waals surface area (Å²) in [6.45, 7) is 6.26. The van der Waals surface area contributed by atoms with E-state index in [0.29, 0.717) is 6.42 Å². The minimum absolute atomic E-state index is 0.0840. The number of rotatable bonds is 3. The maximum Gasteiger partial charge on any atom is 0.0965 e. The molecule has 0 amide bonds. The van der Waals surface area contributed by atoms with Gasteiger partial charge in [0.05, 0.1) is 20.5 Å². The lowest BCUT2D eigenvalue weighted by atomic mass is 9.90. The van der Waals surface area contributed by atoms with Gasteiger partial charge in [-0.15, -0.1) is 16.4 Å². The number of hydrogen-bond donors (Lipinski definition) is 1. The van der Waals surface area contributed by atoms with Gasteiger partial charge in [0.2, 0.25) is 0 Å². The van der Waals surface area contributed by atoms with Crippen molar-refractivity contribution in [1.29, 1.82) is 0 Å². The third kappa shape index (κ3) is 3.17. The second kappa shape index (κ2) is 5.36. The first kappa shape index (κ1) is 14.1. The zero-order chi connectivity index (χ0) is 13.3. The molecule has 0 aliphatic rings. The summed E-state index contributed by atoms with van der Waals surface area (Å²) in [4.78, 5) is 2.04. The minimum atomic E-state index is -0.523. The Morgan fingerprint density at radius 1 is 1.39 bits per heavy atom. The molecule has 2 rings (SSSR count). The Kier molecular flexibility index (Phi) is 4.21. The normalized spacial score (nSPS) is 13.8. The van der Waals surface area contributed by atoms with Crippen LogP contribution in [0.1, 0.15) is 42.3 Å². The minimum Gasteiger partial charge on any atom is -0.387 e. The molecule has 0 aromatic carbocycles. The van der Waals surface area contributed by atoms with Gasteiger partial charge in [-0.2, -0.15) is 0 Å². The molecule has 0 saturated heterocycles. The quantitative estimate of drug-likeness (QED) is 0.915. The number of halogens is 1. The fraction of sp³-hybridized carbons (Fsp3) is 0.500. The van der Waals surface area contributed by atoms with Crippen molar-refractivity contribution in [3.8, 4) is 0 Å². The lowest BCUT2D eigenvalue weighted by Gasteiger charge is -2.18. The maximum absolute atomic E-state index is 10.3. The fourth-order valence-electron chi connectivity index (χ4n) is 1.68. The zero-order valence-corrected chi connectivity index (χ0v) is 13.7. The molecule has 0 bridgehead atoms. The molecule has 2 aromatic rings. The van der Waals surface area contributed by atoms with Crippen LogP contribution in [-0.4, -0.2) is 14.7 Å². The molecule has 0 radical (unpaired) electrons. The number of nitrogens with zero attached hydrogens (tertiary/aromatic N) is 2. The summed E-state index contributed by atoms with van der Waals surface area (Å²) in [6, 6.07) is 4.03. The van der Waals surface area contributed by atoms with Gasteiger partial charge in [-0.1, -0.05) is 25.3 Å². The van der Waals surface area contributed by atoms with Gasteiger partial charge in [0.1, 0.15) is 0 Å². The van der Waals surface area contributed by atoms with Gasteiger partial charge in [0.15, 0.2) is 0 Å². The van der Waals surface area contributed by atoms with Gasteiger partial charge in [-0.3, -0.25) is 0 Å². The SMILES string of the molecule is CC(C)(C)c1nnsc1C(O)Cc1ccc(Br)s1. The molecular formula is C12H15BrN2OS2. The first-order valence-corrected chi connectivity index (χ1v) is 8.01. The van der Waals surface area contributed by atoms with Gasteiger partial charge < -0.3 is 5.11 Å². The van der Waals surface area contributed by atoms with Crippen molar-refractivity contribution in [2.24, 2.45) is 0 Å². The second-order valence-electron chi connectivity index (χ2n) is 5.16. The monoisotopic (exact) mass is 346 g/mol. The molecule has 1 unspecified atom stereocenters. The number of aromatic nitrogens is 2. The molecular weight excluding hydrogens is 332 g/mol. The molecule has 0 saturated carbocycles. The fourth-order valence-corrected chi connectivity index (χ4v) is 4.05. The summed E-state index contributed by atoms with van der Waals surface area (Å²) in [7, 11) is 0. The third-order valence-corrected chi connectivity index (χ3v) is 5.02. The lowest BCUT2D eigenvalue weighted by Crippen LogP contribution is -2.16. The van der Waals surface area contributed by atoms with Crippen molar-refractivity contribution in [3.63, 3.8) is 0 Å². The van der Waals surface area contributed by atoms with E-state index in [9.17, 15) is 5.11 Å². The molecule has 1 atom stereocenters. The number of aliphatic hydroxyl groups is 1. The molecule has 1 N–H and O–H groups in total. The summed E-state index contributed by atoms with van der Waals surface area (Å²) in [5.74, 6) is 0. The summed E-state index contributed by atoms with van der Waals surface area (Å²) < 4.78 is 5.07. The van der Waals surface area contributed by atoms with Crippen LogP contribution in [-0.2, 0) is 11.8 Å². The Balaban J connectivity index is 2.19. The lowest BCUT2D eigenvalue weighted by molar-refractivity contribution is 0.180. The Hall–Kier alpha value is -0.300. The van der Waals surface area contributed by atoms with E-state index in [2.05, 4.69) is 46.3 Å². The number of thiophene rings is 1. The van der Waals surface area contributed by atoms with E-state index in [4.69, 9.17) is 0 Å². The first-order chi connectivity index (χ1) is 8.38. The molecule has 0 aliphatic carbocycles. The van der Waals surface area contributed by atoms with Gasteiger partial charge >= 0.3 is 0 Å². The average Bonchev–Trinajstić information content (AvgIpc) is 2.85. The highest BCUT2D eigenvalue weighted by atomic mass is 79.9. The van der Waals surface area contributed by atoms with Crippen LogP contribution in [0.25, 0.3) is 0 Å². The van der Waals surface area contributed by atoms with Crippen LogP contribution in [0.4, 0.5) is 0 Å². The van der Waals surface area contributed by atoms with Crippen LogP contribution in [0.2, 0.25) is 0 Å². The van der Waals surface area contributed by atoms with E-state index >= 15 is 0 Å². The standard InChI is InChI=1S/C12H15BrN2OS2/c1-12(2,3)11-10(18-15-14-11)8(16)6-7-4-5-9(13)17-7/h4-5,8,16H,6H2,1-3H3. The molecule has 3 nitrogen and oxygen atoms in total. The molecule has 98 valence electrons. The van der Waals surface area contributed by atoms with Crippen molar-refractivity contribution in [1.82, 2.24) is 9.59 Å². The van der Waals surface area contributed by atoms with E-state index in [-0.39, 0.29) is 5.41 Å². The number of aliphatic hydroxyl groups excluding tert-OH is 1. The van der Waals surface area contributed by atoms with Crippen LogP contribution in [0.5, 0.6) is 0 Å². The van der Waals surface area contributed by atoms with E-state index in [1.807, 2.05) is 12.1 Å². The molecule has 18 heavy (non-hydrogen) atoms. The Morgan fingerprint density at radius 2 is 2.11 bits per heavy atom. The van der Waals surface area contributed by atoms with Crippen LogP contribution in [0.3, 0.4) is 0 Å². The van der Waals surface area contributed by atoms with Crippen LogP contribution < -0.4 is 0 Å².